The van der Waals surface area contributed by atoms with E-state index in [1.807, 2.05) is 11.3 Å². The molecule has 4 aromatic carbocycles. The molecular weight excluding hydrogens is 486 g/mol. The van der Waals surface area contributed by atoms with E-state index in [4.69, 9.17) is 0 Å². The lowest BCUT2D eigenvalue weighted by Crippen LogP contribution is -1.94. The number of allylic oxidation sites excluding steroid dienone is 4. The first-order valence-electron chi connectivity index (χ1n) is 11.1. The molecule has 0 amide bonds. The number of rotatable bonds is 3. The van der Waals surface area contributed by atoms with Crippen LogP contribution in [0.3, 0.4) is 0 Å². The highest BCUT2D eigenvalue weighted by molar-refractivity contribution is 9.10. The monoisotopic (exact) mass is 507 g/mol. The van der Waals surface area contributed by atoms with Crippen LogP contribution < -0.4 is 0 Å². The maximum Gasteiger partial charge on any atom is 0.0541 e. The molecule has 6 aromatic rings. The van der Waals surface area contributed by atoms with Crippen LogP contribution in [0.25, 0.3) is 58.8 Å². The lowest BCUT2D eigenvalue weighted by molar-refractivity contribution is 1.23. The molecule has 0 aliphatic heterocycles. The van der Waals surface area contributed by atoms with Crippen LogP contribution in [-0.4, -0.2) is 4.57 Å². The van der Waals surface area contributed by atoms with Gasteiger partial charge >= 0.3 is 0 Å². The van der Waals surface area contributed by atoms with Gasteiger partial charge in [0.25, 0.3) is 0 Å². The minimum atomic E-state index is 1.12. The fourth-order valence-corrected chi connectivity index (χ4v) is 6.32. The molecule has 0 atom stereocenters. The molecule has 0 fully saturated rings. The van der Waals surface area contributed by atoms with Crippen LogP contribution in [0.1, 0.15) is 13.8 Å². The minimum Gasteiger partial charge on any atom is -0.310 e. The Bertz CT molecular complexity index is 1750. The molecule has 0 aliphatic carbocycles. The molecule has 0 saturated carbocycles. The number of aromatic nitrogens is 1. The molecule has 0 N–H and O–H groups in total. The number of hydrogen-bond acceptors (Lipinski definition) is 1. The highest BCUT2D eigenvalue weighted by atomic mass is 79.9. The maximum absolute atomic E-state index is 3.62. The second-order valence-corrected chi connectivity index (χ2v) is 10.3. The highest BCUT2D eigenvalue weighted by Gasteiger charge is 2.14. The van der Waals surface area contributed by atoms with Crippen LogP contribution in [0.2, 0.25) is 0 Å². The fraction of sp³-hybridized carbons (Fsp3) is 0.0667. The number of benzene rings is 4. The Morgan fingerprint density at radius 3 is 2.36 bits per heavy atom. The second-order valence-electron chi connectivity index (χ2n) is 8.25. The normalized spacial score (nSPS) is 12.8. The zero-order valence-corrected chi connectivity index (χ0v) is 20.9. The summed E-state index contributed by atoms with van der Waals surface area (Å²) in [5, 5.41) is 5.21. The molecule has 2 heterocycles. The molecule has 0 aliphatic rings. The average molecular weight is 508 g/mol. The van der Waals surface area contributed by atoms with Crippen molar-refractivity contribution in [1.29, 1.82) is 0 Å². The Kier molecular flexibility index (Phi) is 4.97. The van der Waals surface area contributed by atoms with Gasteiger partial charge in [-0.15, -0.1) is 11.3 Å². The van der Waals surface area contributed by atoms with Gasteiger partial charge in [-0.2, -0.15) is 0 Å². The van der Waals surface area contributed by atoms with Crippen molar-refractivity contribution in [3.05, 3.63) is 102 Å². The molecule has 0 unspecified atom stereocenters. The molecular formula is C30H22BrNS. The van der Waals surface area contributed by atoms with Gasteiger partial charge in [-0.3, -0.25) is 0 Å². The van der Waals surface area contributed by atoms with Crippen LogP contribution in [0.4, 0.5) is 0 Å². The van der Waals surface area contributed by atoms with E-state index in [1.165, 1.54) is 58.8 Å². The lowest BCUT2D eigenvalue weighted by atomic mass is 10.0. The molecule has 160 valence electrons. The summed E-state index contributed by atoms with van der Waals surface area (Å²) < 4.78 is 6.14. The molecule has 2 aromatic heterocycles. The Morgan fingerprint density at radius 1 is 0.727 bits per heavy atom. The average Bonchev–Trinajstić information content (AvgIpc) is 3.37. The fourth-order valence-electron chi connectivity index (χ4n) is 4.83. The van der Waals surface area contributed by atoms with Gasteiger partial charge in [0, 0.05) is 41.1 Å². The Labute approximate surface area is 205 Å². The number of halogens is 1. The van der Waals surface area contributed by atoms with Gasteiger partial charge < -0.3 is 4.57 Å². The lowest BCUT2D eigenvalue weighted by Gasteiger charge is -2.09. The van der Waals surface area contributed by atoms with E-state index in [0.29, 0.717) is 0 Å². The standard InChI is InChI=1S/C30H22BrNS/c1-3-7-22(4-2)32-27-9-6-5-8-23(27)25-16-19(11-14-28(25)32)20-10-13-24-26-18-21(31)12-15-29(26)33-30(24)17-20/h3-18H,1-2H3/b7-3-,22-4+. The first-order valence-corrected chi connectivity index (χ1v) is 12.7. The number of nitrogens with zero attached hydrogens (tertiary/aromatic N) is 1. The van der Waals surface area contributed by atoms with Gasteiger partial charge in [-0.05, 0) is 73.5 Å². The van der Waals surface area contributed by atoms with Crippen LogP contribution in [-0.2, 0) is 0 Å². The summed E-state index contributed by atoms with van der Waals surface area (Å²) >= 11 is 5.48. The number of thiophene rings is 1. The summed E-state index contributed by atoms with van der Waals surface area (Å²) in [6.07, 6.45) is 6.45. The Balaban J connectivity index is 1.57. The molecule has 1 nitrogen and oxygen atoms in total. The third kappa shape index (κ3) is 3.26. The van der Waals surface area contributed by atoms with Crippen molar-refractivity contribution in [3.8, 4) is 11.1 Å². The van der Waals surface area contributed by atoms with E-state index in [0.717, 1.165) is 4.47 Å². The number of hydrogen-bond donors (Lipinski definition) is 0. The first-order chi connectivity index (χ1) is 16.2. The van der Waals surface area contributed by atoms with E-state index in [2.05, 4.69) is 131 Å². The van der Waals surface area contributed by atoms with Crippen LogP contribution in [0.5, 0.6) is 0 Å². The predicted molar refractivity (Wildman–Crippen MR) is 150 cm³/mol. The van der Waals surface area contributed by atoms with E-state index < -0.39 is 0 Å². The summed E-state index contributed by atoms with van der Waals surface area (Å²) in [6.45, 7) is 4.17. The van der Waals surface area contributed by atoms with E-state index in [1.54, 1.807) is 0 Å². The summed E-state index contributed by atoms with van der Waals surface area (Å²) in [6, 6.07) is 29.0. The van der Waals surface area contributed by atoms with Crippen molar-refractivity contribution in [3.63, 3.8) is 0 Å². The molecule has 3 heteroatoms. The third-order valence-electron chi connectivity index (χ3n) is 6.33. The minimum absolute atomic E-state index is 1.12. The maximum atomic E-state index is 3.62. The molecule has 0 radical (unpaired) electrons. The molecule has 0 bridgehead atoms. The summed E-state index contributed by atoms with van der Waals surface area (Å²) in [5.74, 6) is 0. The van der Waals surface area contributed by atoms with E-state index >= 15 is 0 Å². The van der Waals surface area contributed by atoms with Crippen LogP contribution in [0, 0.1) is 0 Å². The number of fused-ring (bicyclic) bond motifs is 6. The van der Waals surface area contributed by atoms with Crippen molar-refractivity contribution in [1.82, 2.24) is 4.57 Å². The highest BCUT2D eigenvalue weighted by Crippen LogP contribution is 2.39. The Hall–Kier alpha value is -3.14. The van der Waals surface area contributed by atoms with Gasteiger partial charge in [0.1, 0.15) is 0 Å². The second kappa shape index (κ2) is 8.02. The van der Waals surface area contributed by atoms with Crippen LogP contribution in [0.15, 0.2) is 102 Å². The van der Waals surface area contributed by atoms with E-state index in [-0.39, 0.29) is 0 Å². The summed E-state index contributed by atoms with van der Waals surface area (Å²) in [4.78, 5) is 0. The van der Waals surface area contributed by atoms with Crippen molar-refractivity contribution in [2.45, 2.75) is 13.8 Å². The summed E-state index contributed by atoms with van der Waals surface area (Å²) in [5.41, 5.74) is 6.17. The SMILES string of the molecule is C/C=C\C(=C/C)n1c2ccccc2c2cc(-c3ccc4c(c3)sc3ccc(Br)cc34)ccc21. The van der Waals surface area contributed by atoms with Gasteiger partial charge in [0.15, 0.2) is 0 Å². The van der Waals surface area contributed by atoms with Gasteiger partial charge in [-0.25, -0.2) is 0 Å². The Morgan fingerprint density at radius 2 is 1.52 bits per heavy atom. The van der Waals surface area contributed by atoms with Crippen LogP contribution >= 0.6 is 27.3 Å². The first kappa shape index (κ1) is 20.5. The zero-order valence-electron chi connectivity index (χ0n) is 18.5. The van der Waals surface area contributed by atoms with Gasteiger partial charge in [0.2, 0.25) is 0 Å². The molecule has 0 saturated heterocycles. The molecule has 0 spiro atoms. The zero-order chi connectivity index (χ0) is 22.5. The molecule has 6 rings (SSSR count). The van der Waals surface area contributed by atoms with Crippen molar-refractivity contribution >= 4 is 74.9 Å². The third-order valence-corrected chi connectivity index (χ3v) is 7.96. The van der Waals surface area contributed by atoms with Crippen molar-refractivity contribution in [2.75, 3.05) is 0 Å². The van der Waals surface area contributed by atoms with Crippen molar-refractivity contribution < 1.29 is 0 Å². The predicted octanol–water partition coefficient (Wildman–Crippen LogP) is 10.0. The quantitative estimate of drug-likeness (QED) is 0.210. The smallest absolute Gasteiger partial charge is 0.0541 e. The van der Waals surface area contributed by atoms with Gasteiger partial charge in [-0.1, -0.05) is 64.5 Å². The topological polar surface area (TPSA) is 4.93 Å². The van der Waals surface area contributed by atoms with E-state index in [9.17, 15) is 0 Å². The van der Waals surface area contributed by atoms with Crippen molar-refractivity contribution in [2.24, 2.45) is 0 Å². The summed E-state index contributed by atoms with van der Waals surface area (Å²) in [7, 11) is 0. The van der Waals surface area contributed by atoms with Gasteiger partial charge in [0.05, 0.1) is 11.0 Å². The molecule has 33 heavy (non-hydrogen) atoms. The number of para-hydroxylation sites is 1. The largest absolute Gasteiger partial charge is 0.310 e.